The highest BCUT2D eigenvalue weighted by Gasteiger charge is 2.09. The summed E-state index contributed by atoms with van der Waals surface area (Å²) in [5, 5.41) is 0. The average molecular weight is 421 g/mol. The zero-order valence-electron chi connectivity index (χ0n) is 16.3. The maximum absolute atomic E-state index is 10.9. The van der Waals surface area contributed by atoms with Crippen LogP contribution in [0.3, 0.4) is 0 Å². The van der Waals surface area contributed by atoms with Gasteiger partial charge in [-0.2, -0.15) is 0 Å². The van der Waals surface area contributed by atoms with Gasteiger partial charge in [0.05, 0.1) is 25.3 Å². The van der Waals surface area contributed by atoms with Crippen LogP contribution in [0.4, 0.5) is 4.79 Å². The molecule has 0 bridgehead atoms. The molecule has 0 unspecified atom stereocenters. The monoisotopic (exact) mass is 421 g/mol. The zero-order valence-corrected chi connectivity index (χ0v) is 17.2. The number of H-pyrrole nitrogens is 1. The summed E-state index contributed by atoms with van der Waals surface area (Å²) in [6.07, 6.45) is -0.850. The van der Waals surface area contributed by atoms with E-state index in [1.165, 1.54) is 0 Å². The molecule has 3 N–H and O–H groups in total. The van der Waals surface area contributed by atoms with Crippen LogP contribution < -0.4 is 19.9 Å². The number of nitrogens with two attached hydrogens (primary N) is 1. The fourth-order valence-corrected chi connectivity index (χ4v) is 3.85. The number of carbonyl (C=O) groups is 1. The van der Waals surface area contributed by atoms with Crippen LogP contribution in [0, 0.1) is 0 Å². The second kappa shape index (κ2) is 8.38. The van der Waals surface area contributed by atoms with Gasteiger partial charge in [-0.3, -0.25) is 0 Å². The van der Waals surface area contributed by atoms with Gasteiger partial charge in [-0.15, -0.1) is 0 Å². The van der Waals surface area contributed by atoms with Crippen LogP contribution in [-0.4, -0.2) is 30.3 Å². The summed E-state index contributed by atoms with van der Waals surface area (Å²) >= 11 is 1.63. The maximum atomic E-state index is 10.9. The van der Waals surface area contributed by atoms with E-state index in [0.717, 1.165) is 32.2 Å². The molecule has 0 saturated heterocycles. The Balaban J connectivity index is 1.54. The zero-order chi connectivity index (χ0) is 21.1. The van der Waals surface area contributed by atoms with Gasteiger partial charge in [0.15, 0.2) is 11.5 Å². The van der Waals surface area contributed by atoms with Crippen LogP contribution in [0.2, 0.25) is 0 Å². The second-order valence-electron chi connectivity index (χ2n) is 6.33. The highest BCUT2D eigenvalue weighted by atomic mass is 32.2. The van der Waals surface area contributed by atoms with Gasteiger partial charge in [0, 0.05) is 21.4 Å². The minimum absolute atomic E-state index is 0.367. The highest BCUT2D eigenvalue weighted by Crippen LogP contribution is 2.36. The molecule has 3 aromatic carbocycles. The van der Waals surface area contributed by atoms with Gasteiger partial charge in [-0.05, 0) is 42.5 Å². The van der Waals surface area contributed by atoms with E-state index in [1.807, 2.05) is 42.5 Å². The minimum atomic E-state index is -0.850. The highest BCUT2D eigenvalue weighted by molar-refractivity contribution is 7.99. The summed E-state index contributed by atoms with van der Waals surface area (Å²) in [5.74, 6) is 2.49. The van der Waals surface area contributed by atoms with Crippen molar-refractivity contribution in [3.05, 3.63) is 60.7 Å². The fourth-order valence-electron chi connectivity index (χ4n) is 3.00. The standard InChI is InChI=1S/C22H19N3O4S/c1-27-19-10-8-16(12-20(19)28-2)30-15-6-3-13(4-7-15)21-24-17-9-5-14(29-22(23)26)11-18(17)25-21/h3-12H,1-2H3,(H2,23,26)(H,24,25). The lowest BCUT2D eigenvalue weighted by atomic mass is 10.2. The van der Waals surface area contributed by atoms with E-state index in [-0.39, 0.29) is 0 Å². The van der Waals surface area contributed by atoms with Gasteiger partial charge in [0.1, 0.15) is 11.6 Å². The van der Waals surface area contributed by atoms with E-state index in [0.29, 0.717) is 17.2 Å². The predicted molar refractivity (Wildman–Crippen MR) is 115 cm³/mol. The topological polar surface area (TPSA) is 99.5 Å². The van der Waals surface area contributed by atoms with Crippen molar-refractivity contribution in [1.29, 1.82) is 0 Å². The third kappa shape index (κ3) is 4.18. The third-order valence-electron chi connectivity index (χ3n) is 4.39. The van der Waals surface area contributed by atoms with Crippen LogP contribution in [0.15, 0.2) is 70.5 Å². The van der Waals surface area contributed by atoms with Gasteiger partial charge in [-0.25, -0.2) is 9.78 Å². The second-order valence-corrected chi connectivity index (χ2v) is 7.48. The smallest absolute Gasteiger partial charge is 0.409 e. The molecule has 4 aromatic rings. The molecule has 30 heavy (non-hydrogen) atoms. The molecular formula is C22H19N3O4S. The molecule has 8 heteroatoms. The lowest BCUT2D eigenvalue weighted by Crippen LogP contribution is -2.16. The molecule has 0 aliphatic heterocycles. The van der Waals surface area contributed by atoms with Crippen molar-refractivity contribution < 1.29 is 19.0 Å². The van der Waals surface area contributed by atoms with Crippen molar-refractivity contribution in [2.75, 3.05) is 14.2 Å². The Bertz CT molecular complexity index is 1200. The van der Waals surface area contributed by atoms with Crippen LogP contribution >= 0.6 is 11.8 Å². The number of rotatable bonds is 6. The number of nitrogens with one attached hydrogen (secondary N) is 1. The number of amides is 1. The van der Waals surface area contributed by atoms with Crippen LogP contribution in [0.25, 0.3) is 22.4 Å². The Labute approximate surface area is 177 Å². The van der Waals surface area contributed by atoms with Gasteiger partial charge in [-0.1, -0.05) is 23.9 Å². The molecule has 1 aromatic heterocycles. The number of benzene rings is 3. The number of hydrogen-bond donors (Lipinski definition) is 2. The van der Waals surface area contributed by atoms with Crippen molar-refractivity contribution in [3.8, 4) is 28.6 Å². The molecule has 0 spiro atoms. The maximum Gasteiger partial charge on any atom is 0.409 e. The molecule has 1 heterocycles. The van der Waals surface area contributed by atoms with Crippen molar-refractivity contribution in [2.45, 2.75) is 9.79 Å². The number of carbonyl (C=O) groups excluding carboxylic acids is 1. The molecule has 0 fully saturated rings. The summed E-state index contributed by atoms with van der Waals surface area (Å²) in [5.41, 5.74) is 7.53. The molecule has 152 valence electrons. The Morgan fingerprint density at radius 1 is 0.933 bits per heavy atom. The van der Waals surface area contributed by atoms with Crippen LogP contribution in [-0.2, 0) is 0 Å². The van der Waals surface area contributed by atoms with Gasteiger partial charge < -0.3 is 24.9 Å². The number of fused-ring (bicyclic) bond motifs is 1. The first-order chi connectivity index (χ1) is 14.6. The number of nitrogens with zero attached hydrogens (tertiary/aromatic N) is 1. The summed E-state index contributed by atoms with van der Waals surface area (Å²) in [6, 6.07) is 19.0. The number of hydrogen-bond acceptors (Lipinski definition) is 6. The van der Waals surface area contributed by atoms with E-state index in [4.69, 9.17) is 19.9 Å². The van der Waals surface area contributed by atoms with Crippen LogP contribution in [0.1, 0.15) is 0 Å². The first-order valence-corrected chi connectivity index (χ1v) is 9.85. The van der Waals surface area contributed by atoms with E-state index in [2.05, 4.69) is 9.97 Å². The number of methoxy groups -OCH3 is 2. The molecule has 1 amide bonds. The lowest BCUT2D eigenvalue weighted by molar-refractivity contribution is 0.211. The normalized spacial score (nSPS) is 10.7. The van der Waals surface area contributed by atoms with E-state index in [1.54, 1.807) is 44.2 Å². The van der Waals surface area contributed by atoms with E-state index >= 15 is 0 Å². The van der Waals surface area contributed by atoms with Gasteiger partial charge >= 0.3 is 6.09 Å². The molecule has 0 aliphatic rings. The van der Waals surface area contributed by atoms with Crippen molar-refractivity contribution in [1.82, 2.24) is 9.97 Å². The molecule has 4 rings (SSSR count). The number of primary amides is 1. The SMILES string of the molecule is COc1ccc(Sc2ccc(-c3nc4ccc(OC(N)=O)cc4[nH]3)cc2)cc1OC. The first kappa shape index (κ1) is 19.7. The summed E-state index contributed by atoms with van der Waals surface area (Å²) < 4.78 is 15.6. The summed E-state index contributed by atoms with van der Waals surface area (Å²) in [7, 11) is 3.24. The number of aromatic nitrogens is 2. The lowest BCUT2D eigenvalue weighted by Gasteiger charge is -2.09. The molecule has 7 nitrogen and oxygen atoms in total. The summed E-state index contributed by atoms with van der Waals surface area (Å²) in [6.45, 7) is 0. The molecule has 0 radical (unpaired) electrons. The van der Waals surface area contributed by atoms with E-state index < -0.39 is 6.09 Å². The average Bonchev–Trinajstić information content (AvgIpc) is 3.17. The van der Waals surface area contributed by atoms with Gasteiger partial charge in [0.2, 0.25) is 0 Å². The quantitative estimate of drug-likeness (QED) is 0.461. The Hall–Kier alpha value is -3.65. The van der Waals surface area contributed by atoms with Crippen molar-refractivity contribution in [2.24, 2.45) is 5.73 Å². The van der Waals surface area contributed by atoms with Gasteiger partial charge in [0.25, 0.3) is 0 Å². The molecular weight excluding hydrogens is 402 g/mol. The summed E-state index contributed by atoms with van der Waals surface area (Å²) in [4.78, 5) is 20.9. The molecule has 0 saturated carbocycles. The Kier molecular flexibility index (Phi) is 5.49. The Morgan fingerprint density at radius 2 is 1.67 bits per heavy atom. The number of aromatic amines is 1. The van der Waals surface area contributed by atoms with Crippen molar-refractivity contribution >= 4 is 28.9 Å². The Morgan fingerprint density at radius 3 is 2.37 bits per heavy atom. The van der Waals surface area contributed by atoms with Crippen molar-refractivity contribution in [3.63, 3.8) is 0 Å². The number of ether oxygens (including phenoxy) is 3. The predicted octanol–water partition coefficient (Wildman–Crippen LogP) is 4.86. The molecule has 0 aliphatic carbocycles. The fraction of sp³-hybridized carbons (Fsp3) is 0.0909. The minimum Gasteiger partial charge on any atom is -0.493 e. The third-order valence-corrected chi connectivity index (χ3v) is 5.39. The number of imidazole rings is 1. The van der Waals surface area contributed by atoms with Crippen LogP contribution in [0.5, 0.6) is 17.2 Å². The van der Waals surface area contributed by atoms with E-state index in [9.17, 15) is 4.79 Å². The first-order valence-electron chi connectivity index (χ1n) is 9.03. The largest absolute Gasteiger partial charge is 0.493 e. The molecule has 0 atom stereocenters.